The Morgan fingerprint density at radius 3 is 2.67 bits per heavy atom. The summed E-state index contributed by atoms with van der Waals surface area (Å²) in [6.07, 6.45) is -1.58. The molecule has 0 spiro atoms. The number of aliphatic hydroxyl groups excluding tert-OH is 2. The first-order chi connectivity index (χ1) is 9.60. The molecule has 5 N–H and O–H groups in total. The van der Waals surface area contributed by atoms with Crippen molar-refractivity contribution < 1.29 is 19.7 Å². The minimum Gasteiger partial charge on any atom is -0.444 e. The van der Waals surface area contributed by atoms with Crippen LogP contribution in [-0.4, -0.2) is 39.5 Å². The average Bonchev–Trinajstić information content (AvgIpc) is 2.36. The van der Waals surface area contributed by atoms with Crippen LogP contribution in [0.15, 0.2) is 12.3 Å². The number of nitrogen functional groups attached to an aromatic ring is 1. The normalized spacial score (nSPS) is 14.4. The van der Waals surface area contributed by atoms with E-state index in [0.717, 1.165) is 0 Å². The number of anilines is 1. The molecule has 1 aromatic rings. The van der Waals surface area contributed by atoms with Crippen LogP contribution >= 0.6 is 0 Å². The lowest BCUT2D eigenvalue weighted by Gasteiger charge is -2.22. The molecular weight excluding hydrogens is 274 g/mol. The average molecular weight is 297 g/mol. The second-order valence-electron chi connectivity index (χ2n) is 5.84. The number of rotatable bonds is 4. The lowest BCUT2D eigenvalue weighted by molar-refractivity contribution is 0.0125. The number of hydrogen-bond acceptors (Lipinski definition) is 6. The molecular formula is C14H23N3O4. The van der Waals surface area contributed by atoms with E-state index >= 15 is 0 Å². The molecule has 0 radical (unpaired) electrons. The van der Waals surface area contributed by atoms with Crippen LogP contribution in [0.4, 0.5) is 10.5 Å². The number of pyridine rings is 1. The quantitative estimate of drug-likeness (QED) is 0.655. The summed E-state index contributed by atoms with van der Waals surface area (Å²) in [5.74, 6) is 0. The van der Waals surface area contributed by atoms with Gasteiger partial charge in [0, 0.05) is 17.8 Å². The number of nitrogens with one attached hydrogen (secondary N) is 1. The number of nitrogens with two attached hydrogens (primary N) is 1. The third kappa shape index (κ3) is 5.57. The number of aromatic nitrogens is 1. The summed E-state index contributed by atoms with van der Waals surface area (Å²) in [5, 5.41) is 22.4. The van der Waals surface area contributed by atoms with E-state index in [9.17, 15) is 15.0 Å². The number of amides is 1. The summed E-state index contributed by atoms with van der Waals surface area (Å²) in [4.78, 5) is 15.5. The molecule has 1 aromatic heterocycles. The molecule has 7 nitrogen and oxygen atoms in total. The van der Waals surface area contributed by atoms with Crippen LogP contribution in [0.1, 0.15) is 38.1 Å². The highest BCUT2D eigenvalue weighted by Gasteiger charge is 2.23. The van der Waals surface area contributed by atoms with Crippen LogP contribution < -0.4 is 11.1 Å². The molecule has 21 heavy (non-hydrogen) atoms. The lowest BCUT2D eigenvalue weighted by Crippen LogP contribution is -2.39. The Hall–Kier alpha value is -1.86. The summed E-state index contributed by atoms with van der Waals surface area (Å²) in [6.45, 7) is 6.76. The predicted octanol–water partition coefficient (Wildman–Crippen LogP) is 0.891. The molecule has 1 rings (SSSR count). The molecule has 0 bridgehead atoms. The Kier molecular flexibility index (Phi) is 5.51. The van der Waals surface area contributed by atoms with E-state index in [1.54, 1.807) is 33.8 Å². The van der Waals surface area contributed by atoms with Crippen LogP contribution in [0.25, 0.3) is 0 Å². The van der Waals surface area contributed by atoms with Gasteiger partial charge < -0.3 is 26.0 Å². The van der Waals surface area contributed by atoms with Crippen molar-refractivity contribution in [3.8, 4) is 0 Å². The number of carbonyl (C=O) groups is 1. The summed E-state index contributed by atoms with van der Waals surface area (Å²) in [7, 11) is 0. The maximum Gasteiger partial charge on any atom is 0.407 e. The van der Waals surface area contributed by atoms with Crippen LogP contribution in [0, 0.1) is 6.92 Å². The zero-order chi connectivity index (χ0) is 16.2. The molecule has 0 aliphatic carbocycles. The molecule has 0 saturated carbocycles. The fourth-order valence-corrected chi connectivity index (χ4v) is 1.69. The van der Waals surface area contributed by atoms with E-state index in [1.165, 1.54) is 6.20 Å². The van der Waals surface area contributed by atoms with Gasteiger partial charge in [0.25, 0.3) is 0 Å². The van der Waals surface area contributed by atoms with Gasteiger partial charge in [-0.15, -0.1) is 0 Å². The summed E-state index contributed by atoms with van der Waals surface area (Å²) in [6, 6.07) is 1.55. The number of nitrogens with zero attached hydrogens (tertiary/aromatic N) is 1. The second-order valence-corrected chi connectivity index (χ2v) is 5.84. The Morgan fingerprint density at radius 1 is 1.48 bits per heavy atom. The highest BCUT2D eigenvalue weighted by molar-refractivity contribution is 5.67. The summed E-state index contributed by atoms with van der Waals surface area (Å²) < 4.78 is 5.04. The minimum absolute atomic E-state index is 0.148. The van der Waals surface area contributed by atoms with E-state index in [2.05, 4.69) is 10.3 Å². The zero-order valence-corrected chi connectivity index (χ0v) is 12.8. The highest BCUT2D eigenvalue weighted by atomic mass is 16.6. The first-order valence-electron chi connectivity index (χ1n) is 6.65. The van der Waals surface area contributed by atoms with Crippen molar-refractivity contribution in [1.82, 2.24) is 10.3 Å². The number of aliphatic hydroxyl groups is 2. The number of hydrogen-bond donors (Lipinski definition) is 4. The summed E-state index contributed by atoms with van der Waals surface area (Å²) >= 11 is 0. The van der Waals surface area contributed by atoms with Gasteiger partial charge in [-0.05, 0) is 33.8 Å². The van der Waals surface area contributed by atoms with Crippen molar-refractivity contribution in [2.75, 3.05) is 12.3 Å². The Labute approximate surface area is 124 Å². The molecule has 0 fully saturated rings. The molecule has 118 valence electrons. The second kappa shape index (κ2) is 6.73. The smallest absolute Gasteiger partial charge is 0.407 e. The van der Waals surface area contributed by atoms with E-state index in [1.807, 2.05) is 0 Å². The molecule has 1 amide bonds. The molecule has 0 aromatic carbocycles. The lowest BCUT2D eigenvalue weighted by atomic mass is 10.0. The van der Waals surface area contributed by atoms with Crippen molar-refractivity contribution in [1.29, 1.82) is 0 Å². The topological polar surface area (TPSA) is 118 Å². The van der Waals surface area contributed by atoms with E-state index in [-0.39, 0.29) is 6.54 Å². The molecule has 0 aliphatic rings. The standard InChI is InChI=1S/C14H23N3O4/c1-8-10(5-9(15)6-16-8)12(19)11(18)7-17-13(20)21-14(2,3)4/h5-6,11-12,18-19H,7,15H2,1-4H3,(H,17,20). The number of ether oxygens (including phenoxy) is 1. The molecule has 0 aliphatic heterocycles. The van der Waals surface area contributed by atoms with Crippen molar-refractivity contribution in [3.63, 3.8) is 0 Å². The maximum absolute atomic E-state index is 11.5. The third-order valence-electron chi connectivity index (χ3n) is 2.68. The molecule has 7 heteroatoms. The number of carbonyl (C=O) groups excluding carboxylic acids is 1. The number of alkyl carbamates (subject to hydrolysis) is 1. The Bertz CT molecular complexity index is 499. The van der Waals surface area contributed by atoms with Crippen molar-refractivity contribution in [2.45, 2.75) is 45.5 Å². The molecule has 2 unspecified atom stereocenters. The maximum atomic E-state index is 11.5. The van der Waals surface area contributed by atoms with Gasteiger partial charge in [-0.3, -0.25) is 4.98 Å². The van der Waals surface area contributed by atoms with Gasteiger partial charge in [0.1, 0.15) is 17.8 Å². The highest BCUT2D eigenvalue weighted by Crippen LogP contribution is 2.21. The molecule has 0 saturated heterocycles. The van der Waals surface area contributed by atoms with Gasteiger partial charge in [0.15, 0.2) is 0 Å². The van der Waals surface area contributed by atoms with Gasteiger partial charge in [0.2, 0.25) is 0 Å². The SMILES string of the molecule is Cc1ncc(N)cc1C(O)C(O)CNC(=O)OC(C)(C)C. The van der Waals surface area contributed by atoms with Crippen molar-refractivity contribution in [3.05, 3.63) is 23.5 Å². The monoisotopic (exact) mass is 297 g/mol. The number of aryl methyl sites for hydroxylation is 1. The Morgan fingerprint density at radius 2 is 2.10 bits per heavy atom. The largest absolute Gasteiger partial charge is 0.444 e. The Balaban J connectivity index is 2.61. The first kappa shape index (κ1) is 17.2. The van der Waals surface area contributed by atoms with Crippen LogP contribution in [0.2, 0.25) is 0 Å². The van der Waals surface area contributed by atoms with Crippen LogP contribution in [0.3, 0.4) is 0 Å². The fourth-order valence-electron chi connectivity index (χ4n) is 1.69. The van der Waals surface area contributed by atoms with Gasteiger partial charge in [-0.2, -0.15) is 0 Å². The van der Waals surface area contributed by atoms with Gasteiger partial charge in [0.05, 0.1) is 11.9 Å². The van der Waals surface area contributed by atoms with Crippen LogP contribution in [0.5, 0.6) is 0 Å². The third-order valence-corrected chi connectivity index (χ3v) is 2.68. The van der Waals surface area contributed by atoms with Crippen LogP contribution in [-0.2, 0) is 4.74 Å². The fraction of sp³-hybridized carbons (Fsp3) is 0.571. The van der Waals surface area contributed by atoms with Crippen molar-refractivity contribution in [2.24, 2.45) is 0 Å². The van der Waals surface area contributed by atoms with Gasteiger partial charge in [-0.1, -0.05) is 0 Å². The van der Waals surface area contributed by atoms with Gasteiger partial charge in [-0.25, -0.2) is 4.79 Å². The van der Waals surface area contributed by atoms with E-state index in [4.69, 9.17) is 10.5 Å². The molecule has 2 atom stereocenters. The van der Waals surface area contributed by atoms with Gasteiger partial charge >= 0.3 is 6.09 Å². The van der Waals surface area contributed by atoms with E-state index in [0.29, 0.717) is 16.9 Å². The minimum atomic E-state index is -1.20. The first-order valence-corrected chi connectivity index (χ1v) is 6.65. The molecule has 1 heterocycles. The van der Waals surface area contributed by atoms with Crippen molar-refractivity contribution >= 4 is 11.8 Å². The predicted molar refractivity (Wildman–Crippen MR) is 78.6 cm³/mol. The summed E-state index contributed by atoms with van der Waals surface area (Å²) in [5.41, 5.74) is 6.37. The van der Waals surface area contributed by atoms with E-state index < -0.39 is 23.9 Å². The zero-order valence-electron chi connectivity index (χ0n) is 12.8.